The third-order valence-electron chi connectivity index (χ3n) is 5.63. The van der Waals surface area contributed by atoms with Crippen molar-refractivity contribution in [1.82, 2.24) is 25.1 Å². The number of anilines is 2. The summed E-state index contributed by atoms with van der Waals surface area (Å²) in [4.78, 5) is 16.0. The van der Waals surface area contributed by atoms with Gasteiger partial charge in [0.1, 0.15) is 12.1 Å². The van der Waals surface area contributed by atoms with Crippen LogP contribution < -0.4 is 4.90 Å². The first-order valence-electron chi connectivity index (χ1n) is 9.67. The number of aryl methyl sites for hydroxylation is 1. The van der Waals surface area contributed by atoms with E-state index >= 15 is 0 Å². The summed E-state index contributed by atoms with van der Waals surface area (Å²) >= 11 is 0. The molecule has 0 saturated carbocycles. The fourth-order valence-electron chi connectivity index (χ4n) is 4.14. The van der Waals surface area contributed by atoms with Crippen molar-refractivity contribution in [2.45, 2.75) is 13.3 Å². The van der Waals surface area contributed by atoms with Gasteiger partial charge >= 0.3 is 0 Å². The van der Waals surface area contributed by atoms with Gasteiger partial charge in [0, 0.05) is 34.8 Å². The Kier molecular flexibility index (Phi) is 3.41. The van der Waals surface area contributed by atoms with Gasteiger partial charge in [0.05, 0.1) is 11.7 Å². The number of rotatable bonds is 2. The number of fused-ring (bicyclic) bond motifs is 3. The summed E-state index contributed by atoms with van der Waals surface area (Å²) in [6.45, 7) is 3.06. The van der Waals surface area contributed by atoms with Crippen LogP contribution in [0, 0.1) is 6.92 Å². The molecule has 5 aromatic rings. The second-order valence-electron chi connectivity index (χ2n) is 7.49. The van der Waals surface area contributed by atoms with Gasteiger partial charge < -0.3 is 4.90 Å². The van der Waals surface area contributed by atoms with Crippen LogP contribution in [0.15, 0.2) is 61.2 Å². The number of aromatic nitrogens is 5. The maximum Gasteiger partial charge on any atom is 0.155 e. The van der Waals surface area contributed by atoms with Gasteiger partial charge in [-0.3, -0.25) is 5.10 Å². The van der Waals surface area contributed by atoms with E-state index in [1.54, 1.807) is 12.5 Å². The first-order valence-corrected chi connectivity index (χ1v) is 9.67. The van der Waals surface area contributed by atoms with Gasteiger partial charge in [0.15, 0.2) is 5.65 Å². The number of pyridine rings is 1. The van der Waals surface area contributed by atoms with Gasteiger partial charge in [-0.1, -0.05) is 18.2 Å². The van der Waals surface area contributed by atoms with Crippen molar-refractivity contribution in [1.29, 1.82) is 0 Å². The molecule has 0 aliphatic carbocycles. The number of benzene rings is 2. The molecule has 6 heteroatoms. The number of hydrogen-bond donors (Lipinski definition) is 1. The largest absolute Gasteiger partial charge is 0.325 e. The Bertz CT molecular complexity index is 1390. The van der Waals surface area contributed by atoms with Crippen molar-refractivity contribution in [2.75, 3.05) is 11.4 Å². The molecule has 2 aromatic carbocycles. The van der Waals surface area contributed by atoms with Crippen molar-refractivity contribution in [3.63, 3.8) is 0 Å². The Labute approximate surface area is 167 Å². The molecule has 0 unspecified atom stereocenters. The highest BCUT2D eigenvalue weighted by Crippen LogP contribution is 2.38. The highest BCUT2D eigenvalue weighted by molar-refractivity contribution is 5.95. The minimum atomic E-state index is 0.794. The van der Waals surface area contributed by atoms with Gasteiger partial charge in [-0.15, -0.1) is 0 Å². The molecule has 0 atom stereocenters. The lowest BCUT2D eigenvalue weighted by Crippen LogP contribution is -2.15. The lowest BCUT2D eigenvalue weighted by atomic mass is 10.0. The fourth-order valence-corrected chi connectivity index (χ4v) is 4.14. The third-order valence-corrected chi connectivity index (χ3v) is 5.63. The van der Waals surface area contributed by atoms with E-state index in [0.717, 1.165) is 51.8 Å². The lowest BCUT2D eigenvalue weighted by molar-refractivity contribution is 0.974. The number of nitrogens with zero attached hydrogens (tertiary/aromatic N) is 5. The average molecular weight is 378 g/mol. The Balaban J connectivity index is 1.52. The minimum absolute atomic E-state index is 0.794. The van der Waals surface area contributed by atoms with E-state index in [1.807, 2.05) is 6.20 Å². The van der Waals surface area contributed by atoms with Gasteiger partial charge in [-0.25, -0.2) is 15.0 Å². The molecule has 140 valence electrons. The lowest BCUT2D eigenvalue weighted by Gasteiger charge is -2.20. The van der Waals surface area contributed by atoms with E-state index in [-0.39, 0.29) is 0 Å². The first kappa shape index (κ1) is 16.2. The van der Waals surface area contributed by atoms with Crippen LogP contribution in [0.25, 0.3) is 33.1 Å². The second kappa shape index (κ2) is 6.10. The molecule has 6 nitrogen and oxygen atoms in total. The van der Waals surface area contributed by atoms with Crippen LogP contribution in [-0.2, 0) is 6.42 Å². The summed E-state index contributed by atoms with van der Waals surface area (Å²) in [5.74, 6) is 0.957. The predicted octanol–water partition coefficient (Wildman–Crippen LogP) is 4.57. The summed E-state index contributed by atoms with van der Waals surface area (Å²) in [6, 6.07) is 15.1. The maximum atomic E-state index is 4.68. The zero-order chi connectivity index (χ0) is 19.4. The number of nitrogens with one attached hydrogen (secondary N) is 1. The minimum Gasteiger partial charge on any atom is -0.325 e. The molecule has 0 radical (unpaired) electrons. The SMILES string of the molecule is Cc1ccc2c(c1)N(c1ncnc3ccc(-c4cnc5[nH]ncc5c4)cc13)CC2. The van der Waals surface area contributed by atoms with Gasteiger partial charge in [-0.2, -0.15) is 5.10 Å². The van der Waals surface area contributed by atoms with Gasteiger partial charge in [0.25, 0.3) is 0 Å². The average Bonchev–Trinajstić information content (AvgIpc) is 3.39. The fraction of sp³-hybridized carbons (Fsp3) is 0.130. The standard InChI is InChI=1S/C23H18N6/c1-14-2-3-15-6-7-29(21(15)8-14)23-19-10-16(4-5-20(19)25-13-26-23)17-9-18-12-27-28-22(18)24-11-17/h2-5,8-13H,6-7H2,1H3,(H,24,27,28). The Morgan fingerprint density at radius 3 is 2.86 bits per heavy atom. The number of hydrogen-bond acceptors (Lipinski definition) is 5. The summed E-state index contributed by atoms with van der Waals surface area (Å²) < 4.78 is 0. The Morgan fingerprint density at radius 1 is 0.931 bits per heavy atom. The van der Waals surface area contributed by atoms with Gasteiger partial charge in [0.2, 0.25) is 0 Å². The molecule has 0 spiro atoms. The molecule has 0 fully saturated rings. The van der Waals surface area contributed by atoms with E-state index in [1.165, 1.54) is 16.8 Å². The van der Waals surface area contributed by atoms with Crippen LogP contribution in [0.5, 0.6) is 0 Å². The highest BCUT2D eigenvalue weighted by atomic mass is 15.2. The van der Waals surface area contributed by atoms with E-state index in [4.69, 9.17) is 0 Å². The molecule has 3 aromatic heterocycles. The van der Waals surface area contributed by atoms with Gasteiger partial charge in [-0.05, 0) is 54.3 Å². The zero-order valence-electron chi connectivity index (χ0n) is 15.9. The quantitative estimate of drug-likeness (QED) is 0.487. The summed E-state index contributed by atoms with van der Waals surface area (Å²) in [5.41, 5.74) is 7.75. The zero-order valence-corrected chi connectivity index (χ0v) is 15.9. The van der Waals surface area contributed by atoms with E-state index in [9.17, 15) is 0 Å². The summed E-state index contributed by atoms with van der Waals surface area (Å²) in [5, 5.41) is 9.01. The highest BCUT2D eigenvalue weighted by Gasteiger charge is 2.23. The maximum absolute atomic E-state index is 4.68. The molecule has 1 aliphatic heterocycles. The molecule has 1 aliphatic rings. The van der Waals surface area contributed by atoms with Crippen LogP contribution in [0.4, 0.5) is 11.5 Å². The molecule has 6 rings (SSSR count). The topological polar surface area (TPSA) is 70.6 Å². The number of aromatic amines is 1. The molecule has 29 heavy (non-hydrogen) atoms. The van der Waals surface area contributed by atoms with Crippen LogP contribution in [0.1, 0.15) is 11.1 Å². The van der Waals surface area contributed by atoms with Crippen molar-refractivity contribution < 1.29 is 0 Å². The van der Waals surface area contributed by atoms with Crippen molar-refractivity contribution in [3.8, 4) is 11.1 Å². The Morgan fingerprint density at radius 2 is 1.90 bits per heavy atom. The second-order valence-corrected chi connectivity index (χ2v) is 7.49. The predicted molar refractivity (Wildman–Crippen MR) is 114 cm³/mol. The van der Waals surface area contributed by atoms with Crippen molar-refractivity contribution >= 4 is 33.4 Å². The molecule has 0 amide bonds. The Hall–Kier alpha value is -3.80. The van der Waals surface area contributed by atoms with E-state index in [0.29, 0.717) is 0 Å². The van der Waals surface area contributed by atoms with Crippen LogP contribution in [0.2, 0.25) is 0 Å². The monoisotopic (exact) mass is 378 g/mol. The summed E-state index contributed by atoms with van der Waals surface area (Å²) in [7, 11) is 0. The molecular formula is C23H18N6. The number of H-pyrrole nitrogens is 1. The normalized spacial score (nSPS) is 13.3. The van der Waals surface area contributed by atoms with Crippen molar-refractivity contribution in [3.05, 3.63) is 72.3 Å². The van der Waals surface area contributed by atoms with Crippen LogP contribution in [-0.4, -0.2) is 31.7 Å². The van der Waals surface area contributed by atoms with E-state index in [2.05, 4.69) is 79.4 Å². The molecular weight excluding hydrogens is 360 g/mol. The molecule has 1 N–H and O–H groups in total. The summed E-state index contributed by atoms with van der Waals surface area (Å²) in [6.07, 6.45) is 6.36. The van der Waals surface area contributed by atoms with Crippen LogP contribution in [0.3, 0.4) is 0 Å². The molecule has 0 saturated heterocycles. The first-order chi connectivity index (χ1) is 14.3. The smallest absolute Gasteiger partial charge is 0.155 e. The van der Waals surface area contributed by atoms with E-state index < -0.39 is 0 Å². The molecule has 0 bridgehead atoms. The van der Waals surface area contributed by atoms with Crippen molar-refractivity contribution in [2.24, 2.45) is 0 Å². The third kappa shape index (κ3) is 2.56. The van der Waals surface area contributed by atoms with Crippen LogP contribution >= 0.6 is 0 Å². The molecule has 4 heterocycles.